The number of carbonyl (C=O) groups excluding carboxylic acids is 1. The van der Waals surface area contributed by atoms with E-state index in [0.717, 1.165) is 11.3 Å². The quantitative estimate of drug-likeness (QED) is 0.801. The third-order valence-electron chi connectivity index (χ3n) is 1.63. The molecule has 0 bridgehead atoms. The summed E-state index contributed by atoms with van der Waals surface area (Å²) in [4.78, 5) is 11.5. The first kappa shape index (κ1) is 9.66. The first-order chi connectivity index (χ1) is 7.15. The fourth-order valence-electron chi connectivity index (χ4n) is 1.00. The van der Waals surface area contributed by atoms with Crippen molar-refractivity contribution >= 4 is 27.5 Å². The van der Waals surface area contributed by atoms with Crippen molar-refractivity contribution in [2.24, 2.45) is 0 Å². The standard InChI is InChI=1S/C8H8N4O2S/c1-4-2-3-5(14-4)6(13)10-8-12-11-7(9)15-8/h2-3H,1H3,(H2,9,11)(H,10,12,13). The lowest BCUT2D eigenvalue weighted by Gasteiger charge is -1.95. The molecule has 2 heterocycles. The second-order valence-electron chi connectivity index (χ2n) is 2.81. The van der Waals surface area contributed by atoms with Crippen LogP contribution in [0.15, 0.2) is 16.5 Å². The second kappa shape index (κ2) is 3.70. The number of aryl methyl sites for hydroxylation is 1. The monoisotopic (exact) mass is 224 g/mol. The minimum atomic E-state index is -0.362. The van der Waals surface area contributed by atoms with Crippen LogP contribution in [0.25, 0.3) is 0 Å². The SMILES string of the molecule is Cc1ccc(C(=O)Nc2nnc(N)s2)o1. The molecule has 0 aliphatic rings. The predicted molar refractivity (Wildman–Crippen MR) is 55.7 cm³/mol. The Morgan fingerprint density at radius 3 is 2.87 bits per heavy atom. The maximum absolute atomic E-state index is 11.5. The van der Waals surface area contributed by atoms with Crippen molar-refractivity contribution in [3.05, 3.63) is 23.7 Å². The minimum absolute atomic E-state index is 0.237. The van der Waals surface area contributed by atoms with Crippen molar-refractivity contribution in [1.29, 1.82) is 0 Å². The number of hydrogen-bond acceptors (Lipinski definition) is 6. The highest BCUT2D eigenvalue weighted by molar-refractivity contribution is 7.19. The second-order valence-corrected chi connectivity index (χ2v) is 3.82. The highest BCUT2D eigenvalue weighted by atomic mass is 32.1. The molecule has 0 radical (unpaired) electrons. The van der Waals surface area contributed by atoms with Crippen LogP contribution in [0, 0.1) is 6.92 Å². The van der Waals surface area contributed by atoms with Crippen molar-refractivity contribution in [2.75, 3.05) is 11.1 Å². The zero-order valence-corrected chi connectivity index (χ0v) is 8.67. The Morgan fingerprint density at radius 1 is 1.53 bits per heavy atom. The zero-order chi connectivity index (χ0) is 10.8. The summed E-state index contributed by atoms with van der Waals surface area (Å²) in [6, 6.07) is 3.30. The third-order valence-corrected chi connectivity index (χ3v) is 2.29. The molecule has 15 heavy (non-hydrogen) atoms. The molecule has 0 fully saturated rings. The van der Waals surface area contributed by atoms with E-state index < -0.39 is 0 Å². The number of nitrogens with zero attached hydrogens (tertiary/aromatic N) is 2. The molecule has 0 atom stereocenters. The number of anilines is 2. The number of aromatic nitrogens is 2. The Bertz CT molecular complexity index is 490. The molecule has 0 saturated carbocycles. The van der Waals surface area contributed by atoms with Crippen molar-refractivity contribution in [1.82, 2.24) is 10.2 Å². The normalized spacial score (nSPS) is 10.2. The molecule has 2 aromatic heterocycles. The average Bonchev–Trinajstić information content (AvgIpc) is 2.75. The zero-order valence-electron chi connectivity index (χ0n) is 7.85. The summed E-state index contributed by atoms with van der Waals surface area (Å²) in [5.74, 6) is 0.553. The van der Waals surface area contributed by atoms with Gasteiger partial charge in [0, 0.05) is 0 Å². The summed E-state index contributed by atoms with van der Waals surface area (Å²) in [6.45, 7) is 1.76. The molecule has 3 N–H and O–H groups in total. The molecule has 0 aliphatic carbocycles. The summed E-state index contributed by atoms with van der Waals surface area (Å²) in [5, 5.41) is 10.4. The van der Waals surface area contributed by atoms with Crippen molar-refractivity contribution in [3.8, 4) is 0 Å². The van der Waals surface area contributed by atoms with Crippen LogP contribution < -0.4 is 11.1 Å². The number of nitrogen functional groups attached to an aromatic ring is 1. The third kappa shape index (κ3) is 2.13. The summed E-state index contributed by atoms with van der Waals surface area (Å²) < 4.78 is 5.14. The maximum atomic E-state index is 11.5. The average molecular weight is 224 g/mol. The van der Waals surface area contributed by atoms with Crippen LogP contribution >= 0.6 is 11.3 Å². The van der Waals surface area contributed by atoms with E-state index in [9.17, 15) is 4.79 Å². The van der Waals surface area contributed by atoms with Gasteiger partial charge in [0.05, 0.1) is 0 Å². The molecule has 0 spiro atoms. The van der Waals surface area contributed by atoms with E-state index in [1.54, 1.807) is 19.1 Å². The van der Waals surface area contributed by atoms with Gasteiger partial charge < -0.3 is 10.2 Å². The van der Waals surface area contributed by atoms with Gasteiger partial charge in [0.2, 0.25) is 10.3 Å². The fourth-order valence-corrected chi connectivity index (χ4v) is 1.51. The maximum Gasteiger partial charge on any atom is 0.293 e. The largest absolute Gasteiger partial charge is 0.456 e. The molecule has 0 aliphatic heterocycles. The van der Waals surface area contributed by atoms with Crippen molar-refractivity contribution in [3.63, 3.8) is 0 Å². The molecule has 2 aromatic rings. The molecule has 2 rings (SSSR count). The summed E-state index contributed by atoms with van der Waals surface area (Å²) >= 11 is 1.10. The van der Waals surface area contributed by atoms with Crippen LogP contribution in [-0.4, -0.2) is 16.1 Å². The van der Waals surface area contributed by atoms with Gasteiger partial charge in [0.25, 0.3) is 5.91 Å². The Labute approximate surface area is 89.1 Å². The van der Waals surface area contributed by atoms with Crippen molar-refractivity contribution < 1.29 is 9.21 Å². The van der Waals surface area contributed by atoms with Crippen molar-refractivity contribution in [2.45, 2.75) is 6.92 Å². The van der Waals surface area contributed by atoms with Gasteiger partial charge in [-0.05, 0) is 19.1 Å². The van der Waals surface area contributed by atoms with E-state index in [1.165, 1.54) is 0 Å². The first-order valence-electron chi connectivity index (χ1n) is 4.12. The lowest BCUT2D eigenvalue weighted by atomic mass is 10.4. The van der Waals surface area contributed by atoms with Gasteiger partial charge in [-0.3, -0.25) is 10.1 Å². The number of furan rings is 1. The number of amides is 1. The first-order valence-corrected chi connectivity index (χ1v) is 4.93. The number of hydrogen-bond donors (Lipinski definition) is 2. The Hall–Kier alpha value is -1.89. The van der Waals surface area contributed by atoms with E-state index >= 15 is 0 Å². The number of nitrogens with two attached hydrogens (primary N) is 1. The molecule has 0 saturated heterocycles. The van der Waals surface area contributed by atoms with Gasteiger partial charge in [-0.2, -0.15) is 0 Å². The summed E-state index contributed by atoms with van der Waals surface area (Å²) in [7, 11) is 0. The topological polar surface area (TPSA) is 94.0 Å². The van der Waals surface area contributed by atoms with Crippen LogP contribution in [0.4, 0.5) is 10.3 Å². The van der Waals surface area contributed by atoms with Crippen LogP contribution in [0.3, 0.4) is 0 Å². The van der Waals surface area contributed by atoms with Crippen LogP contribution in [0.2, 0.25) is 0 Å². The Balaban J connectivity index is 2.10. The lowest BCUT2D eigenvalue weighted by molar-refractivity contribution is 0.0995. The van der Waals surface area contributed by atoms with Gasteiger partial charge >= 0.3 is 0 Å². The molecule has 78 valence electrons. The molecular formula is C8H8N4O2S. The number of carbonyl (C=O) groups is 1. The highest BCUT2D eigenvalue weighted by Gasteiger charge is 2.12. The van der Waals surface area contributed by atoms with E-state index in [-0.39, 0.29) is 11.7 Å². The van der Waals surface area contributed by atoms with Gasteiger partial charge in [-0.1, -0.05) is 11.3 Å². The molecular weight excluding hydrogens is 216 g/mol. The van der Waals surface area contributed by atoms with Gasteiger partial charge in [0.1, 0.15) is 5.76 Å². The molecule has 6 nitrogen and oxygen atoms in total. The number of rotatable bonds is 2. The van der Waals surface area contributed by atoms with Gasteiger partial charge in [-0.15, -0.1) is 10.2 Å². The smallest absolute Gasteiger partial charge is 0.293 e. The van der Waals surface area contributed by atoms with E-state index in [2.05, 4.69) is 15.5 Å². The van der Waals surface area contributed by atoms with Crippen LogP contribution in [-0.2, 0) is 0 Å². The van der Waals surface area contributed by atoms with E-state index in [0.29, 0.717) is 16.0 Å². The Morgan fingerprint density at radius 2 is 2.33 bits per heavy atom. The highest BCUT2D eigenvalue weighted by Crippen LogP contribution is 2.17. The van der Waals surface area contributed by atoms with E-state index in [1.807, 2.05) is 0 Å². The number of nitrogens with one attached hydrogen (secondary N) is 1. The Kier molecular flexibility index (Phi) is 2.38. The molecule has 0 unspecified atom stereocenters. The summed E-state index contributed by atoms with van der Waals surface area (Å²) in [5.41, 5.74) is 5.37. The van der Waals surface area contributed by atoms with Crippen LogP contribution in [0.1, 0.15) is 16.3 Å². The summed E-state index contributed by atoms with van der Waals surface area (Å²) in [6.07, 6.45) is 0. The molecule has 0 aromatic carbocycles. The fraction of sp³-hybridized carbons (Fsp3) is 0.125. The van der Waals surface area contributed by atoms with Gasteiger partial charge in [0.15, 0.2) is 5.76 Å². The molecule has 7 heteroatoms. The lowest BCUT2D eigenvalue weighted by Crippen LogP contribution is -2.10. The predicted octanol–water partition coefficient (Wildman–Crippen LogP) is 1.27. The van der Waals surface area contributed by atoms with Gasteiger partial charge in [-0.25, -0.2) is 0 Å². The molecule has 1 amide bonds. The van der Waals surface area contributed by atoms with E-state index in [4.69, 9.17) is 10.2 Å². The minimum Gasteiger partial charge on any atom is -0.456 e. The van der Waals surface area contributed by atoms with Crippen LogP contribution in [0.5, 0.6) is 0 Å².